The SMILES string of the molecule is COc1ccc(CCN(CC(=O)NCc2ccccc2)S(C)(=O)=O)cc1. The number of nitrogens with zero attached hydrogens (tertiary/aromatic N) is 1. The van der Waals surface area contributed by atoms with Gasteiger partial charge in [-0.25, -0.2) is 8.42 Å². The molecule has 1 N–H and O–H groups in total. The molecule has 26 heavy (non-hydrogen) atoms. The minimum absolute atomic E-state index is 0.193. The van der Waals surface area contributed by atoms with Crippen molar-refractivity contribution in [2.24, 2.45) is 0 Å². The molecule has 2 aromatic carbocycles. The van der Waals surface area contributed by atoms with Crippen molar-refractivity contribution in [1.82, 2.24) is 9.62 Å². The van der Waals surface area contributed by atoms with Crippen molar-refractivity contribution in [1.29, 1.82) is 0 Å². The van der Waals surface area contributed by atoms with Crippen LogP contribution in [-0.4, -0.2) is 45.1 Å². The van der Waals surface area contributed by atoms with Gasteiger partial charge in [-0.05, 0) is 29.7 Å². The summed E-state index contributed by atoms with van der Waals surface area (Å²) >= 11 is 0. The van der Waals surface area contributed by atoms with Crippen molar-refractivity contribution >= 4 is 15.9 Å². The molecule has 0 spiro atoms. The second-order valence-corrected chi connectivity index (χ2v) is 7.94. The average Bonchev–Trinajstić information content (AvgIpc) is 2.63. The summed E-state index contributed by atoms with van der Waals surface area (Å²) in [5.41, 5.74) is 1.94. The highest BCUT2D eigenvalue weighted by Gasteiger charge is 2.19. The van der Waals surface area contributed by atoms with Crippen LogP contribution in [0.5, 0.6) is 5.75 Å². The summed E-state index contributed by atoms with van der Waals surface area (Å²) in [6.45, 7) is 0.418. The van der Waals surface area contributed by atoms with Gasteiger partial charge in [0.2, 0.25) is 15.9 Å². The molecule has 0 saturated heterocycles. The van der Waals surface area contributed by atoms with Crippen molar-refractivity contribution in [3.05, 3.63) is 65.7 Å². The fraction of sp³-hybridized carbons (Fsp3) is 0.316. The molecule has 140 valence electrons. The Balaban J connectivity index is 1.90. The van der Waals surface area contributed by atoms with Crippen LogP contribution in [0.2, 0.25) is 0 Å². The van der Waals surface area contributed by atoms with Crippen molar-refractivity contribution in [3.63, 3.8) is 0 Å². The third kappa shape index (κ3) is 6.50. The number of ether oxygens (including phenoxy) is 1. The lowest BCUT2D eigenvalue weighted by Crippen LogP contribution is -2.41. The standard InChI is InChI=1S/C19H24N2O4S/c1-25-18-10-8-16(9-11-18)12-13-21(26(2,23)24)15-19(22)20-14-17-6-4-3-5-7-17/h3-11H,12-15H2,1-2H3,(H,20,22). The number of rotatable bonds is 9. The lowest BCUT2D eigenvalue weighted by Gasteiger charge is -2.19. The number of methoxy groups -OCH3 is 1. The van der Waals surface area contributed by atoms with E-state index in [4.69, 9.17) is 4.74 Å². The highest BCUT2D eigenvalue weighted by Crippen LogP contribution is 2.12. The Morgan fingerprint density at radius 2 is 1.69 bits per heavy atom. The first-order valence-corrected chi connectivity index (χ1v) is 10.1. The van der Waals surface area contributed by atoms with Crippen molar-refractivity contribution < 1.29 is 17.9 Å². The highest BCUT2D eigenvalue weighted by molar-refractivity contribution is 7.88. The lowest BCUT2D eigenvalue weighted by atomic mass is 10.1. The third-order valence-corrected chi connectivity index (χ3v) is 5.18. The van der Waals surface area contributed by atoms with E-state index in [9.17, 15) is 13.2 Å². The second-order valence-electron chi connectivity index (χ2n) is 5.96. The van der Waals surface area contributed by atoms with Gasteiger partial charge in [-0.1, -0.05) is 42.5 Å². The number of carbonyl (C=O) groups is 1. The summed E-state index contributed by atoms with van der Waals surface area (Å²) in [5, 5.41) is 2.75. The summed E-state index contributed by atoms with van der Waals surface area (Å²) < 4.78 is 30.3. The van der Waals surface area contributed by atoms with Crippen LogP contribution in [0.15, 0.2) is 54.6 Å². The number of sulfonamides is 1. The molecule has 0 heterocycles. The van der Waals surface area contributed by atoms with Gasteiger partial charge in [0.1, 0.15) is 5.75 Å². The van der Waals surface area contributed by atoms with E-state index in [1.807, 2.05) is 54.6 Å². The molecular weight excluding hydrogens is 352 g/mol. The molecule has 0 atom stereocenters. The lowest BCUT2D eigenvalue weighted by molar-refractivity contribution is -0.121. The molecule has 2 aromatic rings. The van der Waals surface area contributed by atoms with Gasteiger partial charge in [-0.2, -0.15) is 4.31 Å². The topological polar surface area (TPSA) is 75.7 Å². The maximum Gasteiger partial charge on any atom is 0.235 e. The van der Waals surface area contributed by atoms with Gasteiger partial charge in [0, 0.05) is 13.1 Å². The molecule has 0 aromatic heterocycles. The first kappa shape index (κ1) is 19.9. The number of hydrogen-bond donors (Lipinski definition) is 1. The van der Waals surface area contributed by atoms with E-state index in [1.165, 1.54) is 4.31 Å². The molecular formula is C19H24N2O4S. The van der Waals surface area contributed by atoms with E-state index < -0.39 is 10.0 Å². The zero-order valence-corrected chi connectivity index (χ0v) is 15.8. The van der Waals surface area contributed by atoms with E-state index >= 15 is 0 Å². The van der Waals surface area contributed by atoms with Gasteiger partial charge in [0.05, 0.1) is 19.9 Å². The van der Waals surface area contributed by atoms with Crippen LogP contribution in [0.3, 0.4) is 0 Å². The molecule has 1 amide bonds. The molecule has 0 radical (unpaired) electrons. The molecule has 6 nitrogen and oxygen atoms in total. The molecule has 0 unspecified atom stereocenters. The Morgan fingerprint density at radius 1 is 1.04 bits per heavy atom. The van der Waals surface area contributed by atoms with Crippen LogP contribution in [0.25, 0.3) is 0 Å². The number of nitrogens with one attached hydrogen (secondary N) is 1. The number of carbonyl (C=O) groups excluding carboxylic acids is 1. The molecule has 7 heteroatoms. The van der Waals surface area contributed by atoms with Crippen molar-refractivity contribution in [2.75, 3.05) is 26.5 Å². The number of amides is 1. The molecule has 0 aliphatic heterocycles. The first-order chi connectivity index (χ1) is 12.4. The fourth-order valence-electron chi connectivity index (χ4n) is 2.42. The van der Waals surface area contributed by atoms with Gasteiger partial charge < -0.3 is 10.1 Å². The number of benzene rings is 2. The molecule has 2 rings (SSSR count). The normalized spacial score (nSPS) is 11.3. The van der Waals surface area contributed by atoms with E-state index in [0.29, 0.717) is 13.0 Å². The molecule has 0 aliphatic carbocycles. The largest absolute Gasteiger partial charge is 0.497 e. The molecule has 0 saturated carbocycles. The predicted octanol–water partition coefficient (Wildman–Crippen LogP) is 1.82. The quantitative estimate of drug-likeness (QED) is 0.724. The molecule has 0 aliphatic rings. The summed E-state index contributed by atoms with van der Waals surface area (Å²) in [7, 11) is -1.89. The summed E-state index contributed by atoms with van der Waals surface area (Å²) in [6.07, 6.45) is 1.63. The maximum absolute atomic E-state index is 12.1. The van der Waals surface area contributed by atoms with Crippen LogP contribution in [-0.2, 0) is 27.8 Å². The Bertz CT molecular complexity index is 805. The Kier molecular flexibility index (Phi) is 7.17. The van der Waals surface area contributed by atoms with Crippen molar-refractivity contribution in [3.8, 4) is 5.75 Å². The van der Waals surface area contributed by atoms with Gasteiger partial charge in [-0.15, -0.1) is 0 Å². The van der Waals surface area contributed by atoms with Crippen LogP contribution in [0.4, 0.5) is 0 Å². The maximum atomic E-state index is 12.1. The van der Waals surface area contributed by atoms with E-state index in [1.54, 1.807) is 7.11 Å². The van der Waals surface area contributed by atoms with Gasteiger partial charge in [0.25, 0.3) is 0 Å². The van der Waals surface area contributed by atoms with Crippen LogP contribution in [0.1, 0.15) is 11.1 Å². The van der Waals surface area contributed by atoms with Crippen LogP contribution >= 0.6 is 0 Å². The Hall–Kier alpha value is -2.38. The second kappa shape index (κ2) is 9.35. The van der Waals surface area contributed by atoms with Crippen molar-refractivity contribution in [2.45, 2.75) is 13.0 Å². The Morgan fingerprint density at radius 3 is 2.27 bits per heavy atom. The molecule has 0 fully saturated rings. The van der Waals surface area contributed by atoms with Gasteiger partial charge >= 0.3 is 0 Å². The van der Waals surface area contributed by atoms with Gasteiger partial charge in [-0.3, -0.25) is 4.79 Å². The minimum atomic E-state index is -3.48. The average molecular weight is 376 g/mol. The van der Waals surface area contributed by atoms with E-state index in [0.717, 1.165) is 23.1 Å². The van der Waals surface area contributed by atoms with Crippen LogP contribution < -0.4 is 10.1 Å². The first-order valence-electron chi connectivity index (χ1n) is 8.27. The predicted molar refractivity (Wildman–Crippen MR) is 101 cm³/mol. The smallest absolute Gasteiger partial charge is 0.235 e. The fourth-order valence-corrected chi connectivity index (χ4v) is 3.20. The van der Waals surface area contributed by atoms with Crippen LogP contribution in [0, 0.1) is 0 Å². The summed E-state index contributed by atoms with van der Waals surface area (Å²) in [5.74, 6) is 0.419. The van der Waals surface area contributed by atoms with Gasteiger partial charge in [0.15, 0.2) is 0 Å². The zero-order valence-electron chi connectivity index (χ0n) is 15.0. The minimum Gasteiger partial charge on any atom is -0.497 e. The summed E-state index contributed by atoms with van der Waals surface area (Å²) in [4.78, 5) is 12.1. The Labute approximate surface area is 154 Å². The zero-order chi connectivity index (χ0) is 19.0. The van der Waals surface area contributed by atoms with E-state index in [-0.39, 0.29) is 19.0 Å². The number of hydrogen-bond acceptors (Lipinski definition) is 4. The highest BCUT2D eigenvalue weighted by atomic mass is 32.2. The van der Waals surface area contributed by atoms with E-state index in [2.05, 4.69) is 5.32 Å². The summed E-state index contributed by atoms with van der Waals surface area (Å²) in [6, 6.07) is 16.9. The molecule has 0 bridgehead atoms. The third-order valence-electron chi connectivity index (χ3n) is 3.93. The monoisotopic (exact) mass is 376 g/mol.